The van der Waals surface area contributed by atoms with E-state index in [1.165, 1.54) is 0 Å². The molecule has 0 bridgehead atoms. The van der Waals surface area contributed by atoms with Gasteiger partial charge in [-0.2, -0.15) is 5.26 Å². The molecule has 0 radical (unpaired) electrons. The van der Waals surface area contributed by atoms with Gasteiger partial charge in [0.05, 0.1) is 5.56 Å². The third-order valence-electron chi connectivity index (χ3n) is 4.40. The number of hydrogen-bond donors (Lipinski definition) is 0. The van der Waals surface area contributed by atoms with Crippen molar-refractivity contribution in [1.29, 1.82) is 5.26 Å². The first-order chi connectivity index (χ1) is 10.8. The predicted molar refractivity (Wildman–Crippen MR) is 86.7 cm³/mol. The van der Waals surface area contributed by atoms with E-state index in [-0.39, 0.29) is 5.56 Å². The molecule has 0 spiro atoms. The molecule has 2 heterocycles. The fraction of sp³-hybridized carbons (Fsp3) is 0.158. The second-order valence-corrected chi connectivity index (χ2v) is 5.62. The van der Waals surface area contributed by atoms with Crippen LogP contribution in [0.4, 0.5) is 0 Å². The van der Waals surface area contributed by atoms with Gasteiger partial charge in [-0.3, -0.25) is 4.79 Å². The van der Waals surface area contributed by atoms with E-state index in [1.54, 1.807) is 10.6 Å². The molecule has 106 valence electrons. The lowest BCUT2D eigenvalue weighted by molar-refractivity contribution is 0.722. The minimum absolute atomic E-state index is 0.0165. The number of nitriles is 1. The molecule has 1 aliphatic heterocycles. The number of hydrogen-bond acceptors (Lipinski definition) is 2. The third-order valence-corrected chi connectivity index (χ3v) is 4.40. The number of pyridine rings is 1. The average molecular weight is 286 g/mol. The Bertz CT molecular complexity index is 987. The quantitative estimate of drug-likeness (QED) is 0.687. The van der Waals surface area contributed by atoms with Gasteiger partial charge in [0.1, 0.15) is 6.07 Å². The Morgan fingerprint density at radius 2 is 1.86 bits per heavy atom. The van der Waals surface area contributed by atoms with Crippen LogP contribution in [-0.4, -0.2) is 4.57 Å². The number of aromatic nitrogens is 1. The second-order valence-electron chi connectivity index (χ2n) is 5.62. The van der Waals surface area contributed by atoms with Crippen LogP contribution >= 0.6 is 0 Å². The summed E-state index contributed by atoms with van der Waals surface area (Å²) in [6.07, 6.45) is 1.75. The van der Waals surface area contributed by atoms with E-state index in [0.717, 1.165) is 34.9 Å². The summed E-state index contributed by atoms with van der Waals surface area (Å²) in [7, 11) is 0. The highest BCUT2D eigenvalue weighted by atomic mass is 16.1. The fourth-order valence-electron chi connectivity index (χ4n) is 3.36. The molecule has 0 unspecified atom stereocenters. The Morgan fingerprint density at radius 3 is 2.73 bits per heavy atom. The SMILES string of the molecule is N#Cc1cc(-c2cccc3ccccc23)c(=O)n2c1CCC2. The summed E-state index contributed by atoms with van der Waals surface area (Å²) >= 11 is 0. The van der Waals surface area contributed by atoms with Crippen LogP contribution in [-0.2, 0) is 13.0 Å². The molecule has 0 atom stereocenters. The smallest absolute Gasteiger partial charge is 0.258 e. The van der Waals surface area contributed by atoms with E-state index < -0.39 is 0 Å². The molecule has 0 saturated carbocycles. The zero-order valence-corrected chi connectivity index (χ0v) is 12.0. The van der Waals surface area contributed by atoms with Crippen LogP contribution in [0.1, 0.15) is 17.7 Å². The Balaban J connectivity index is 2.08. The predicted octanol–water partition coefficient (Wildman–Crippen LogP) is 3.49. The molecule has 3 heteroatoms. The van der Waals surface area contributed by atoms with Gasteiger partial charge in [0, 0.05) is 17.8 Å². The van der Waals surface area contributed by atoms with Crippen LogP contribution in [0, 0.1) is 11.3 Å². The first kappa shape index (κ1) is 12.8. The van der Waals surface area contributed by atoms with Crippen molar-refractivity contribution in [2.24, 2.45) is 0 Å². The van der Waals surface area contributed by atoms with Crippen molar-refractivity contribution < 1.29 is 0 Å². The maximum absolute atomic E-state index is 12.8. The molecule has 1 aromatic heterocycles. The van der Waals surface area contributed by atoms with Gasteiger partial charge in [-0.25, -0.2) is 0 Å². The zero-order chi connectivity index (χ0) is 15.1. The maximum atomic E-state index is 12.8. The summed E-state index contributed by atoms with van der Waals surface area (Å²) in [5.41, 5.74) is 3.06. The molecule has 0 fully saturated rings. The number of nitrogens with zero attached hydrogens (tertiary/aromatic N) is 2. The molecule has 4 rings (SSSR count). The van der Waals surface area contributed by atoms with Crippen molar-refractivity contribution in [3.63, 3.8) is 0 Å². The van der Waals surface area contributed by atoms with Crippen LogP contribution in [0.5, 0.6) is 0 Å². The maximum Gasteiger partial charge on any atom is 0.258 e. The minimum Gasteiger partial charge on any atom is -0.311 e. The molecule has 22 heavy (non-hydrogen) atoms. The number of benzene rings is 2. The standard InChI is InChI=1S/C19H14N2O/c20-12-14-11-17(19(22)21-10-4-9-18(14)21)16-8-3-6-13-5-1-2-7-15(13)16/h1-3,5-8,11H,4,9-10H2. The summed E-state index contributed by atoms with van der Waals surface area (Å²) < 4.78 is 1.77. The summed E-state index contributed by atoms with van der Waals surface area (Å²) in [5, 5.41) is 11.6. The first-order valence-electron chi connectivity index (χ1n) is 7.44. The zero-order valence-electron chi connectivity index (χ0n) is 12.0. The number of fused-ring (bicyclic) bond motifs is 2. The highest BCUT2D eigenvalue weighted by Crippen LogP contribution is 2.28. The summed E-state index contributed by atoms with van der Waals surface area (Å²) in [5.74, 6) is 0. The van der Waals surface area contributed by atoms with Crippen molar-refractivity contribution in [2.75, 3.05) is 0 Å². The second kappa shape index (κ2) is 4.85. The topological polar surface area (TPSA) is 45.8 Å². The van der Waals surface area contributed by atoms with Gasteiger partial charge in [-0.05, 0) is 35.2 Å². The Morgan fingerprint density at radius 1 is 1.05 bits per heavy atom. The van der Waals surface area contributed by atoms with Crippen molar-refractivity contribution in [3.8, 4) is 17.2 Å². The van der Waals surface area contributed by atoms with Crippen LogP contribution < -0.4 is 5.56 Å². The fourth-order valence-corrected chi connectivity index (χ4v) is 3.36. The Kier molecular flexibility index (Phi) is 2.83. The molecular weight excluding hydrogens is 272 g/mol. The van der Waals surface area contributed by atoms with Crippen molar-refractivity contribution in [3.05, 3.63) is 70.1 Å². The van der Waals surface area contributed by atoms with Gasteiger partial charge in [0.25, 0.3) is 5.56 Å². The van der Waals surface area contributed by atoms with Crippen molar-refractivity contribution in [2.45, 2.75) is 19.4 Å². The van der Waals surface area contributed by atoms with Crippen LogP contribution in [0.15, 0.2) is 53.3 Å². The van der Waals surface area contributed by atoms with E-state index in [1.807, 2.05) is 42.5 Å². The minimum atomic E-state index is 0.0165. The number of rotatable bonds is 1. The normalized spacial score (nSPS) is 13.0. The molecule has 0 N–H and O–H groups in total. The monoisotopic (exact) mass is 286 g/mol. The van der Waals surface area contributed by atoms with Crippen molar-refractivity contribution in [1.82, 2.24) is 4.57 Å². The van der Waals surface area contributed by atoms with Gasteiger partial charge in [-0.1, -0.05) is 42.5 Å². The summed E-state index contributed by atoms with van der Waals surface area (Å²) in [6, 6.07) is 18.0. The van der Waals surface area contributed by atoms with Crippen LogP contribution in [0.25, 0.3) is 21.9 Å². The highest BCUT2D eigenvalue weighted by molar-refractivity contribution is 5.96. The van der Waals surface area contributed by atoms with Crippen molar-refractivity contribution >= 4 is 10.8 Å². The van der Waals surface area contributed by atoms with E-state index in [9.17, 15) is 10.1 Å². The van der Waals surface area contributed by atoms with E-state index in [2.05, 4.69) is 6.07 Å². The highest BCUT2D eigenvalue weighted by Gasteiger charge is 2.20. The van der Waals surface area contributed by atoms with Gasteiger partial charge in [-0.15, -0.1) is 0 Å². The Labute approximate surface area is 128 Å². The molecule has 0 amide bonds. The van der Waals surface area contributed by atoms with E-state index >= 15 is 0 Å². The summed E-state index contributed by atoms with van der Waals surface area (Å²) in [6.45, 7) is 0.710. The molecule has 1 aliphatic rings. The van der Waals surface area contributed by atoms with E-state index in [4.69, 9.17) is 0 Å². The lowest BCUT2D eigenvalue weighted by atomic mass is 9.97. The van der Waals surface area contributed by atoms with Gasteiger partial charge in [0.2, 0.25) is 0 Å². The van der Waals surface area contributed by atoms with Crippen LogP contribution in [0.2, 0.25) is 0 Å². The van der Waals surface area contributed by atoms with Gasteiger partial charge < -0.3 is 4.57 Å². The molecule has 0 aliphatic carbocycles. The lowest BCUT2D eigenvalue weighted by Gasteiger charge is -2.11. The molecular formula is C19H14N2O. The molecule has 3 aromatic rings. The largest absolute Gasteiger partial charge is 0.311 e. The average Bonchev–Trinajstić information content (AvgIpc) is 3.05. The van der Waals surface area contributed by atoms with Gasteiger partial charge >= 0.3 is 0 Å². The molecule has 3 nitrogen and oxygen atoms in total. The molecule has 0 saturated heterocycles. The van der Waals surface area contributed by atoms with Crippen LogP contribution in [0.3, 0.4) is 0 Å². The van der Waals surface area contributed by atoms with Gasteiger partial charge in [0.15, 0.2) is 0 Å². The third kappa shape index (κ3) is 1.78. The lowest BCUT2D eigenvalue weighted by Crippen LogP contribution is -2.22. The summed E-state index contributed by atoms with van der Waals surface area (Å²) in [4.78, 5) is 12.8. The Hall–Kier alpha value is -2.86. The molecule has 2 aromatic carbocycles. The van der Waals surface area contributed by atoms with E-state index in [0.29, 0.717) is 17.7 Å². The first-order valence-corrected chi connectivity index (χ1v) is 7.44.